The predicted octanol–water partition coefficient (Wildman–Crippen LogP) is 3.27. The van der Waals surface area contributed by atoms with E-state index in [1.807, 2.05) is 49.1 Å². The molecule has 0 aromatic heterocycles. The molecule has 1 saturated heterocycles. The zero-order valence-corrected chi connectivity index (χ0v) is 14.6. The summed E-state index contributed by atoms with van der Waals surface area (Å²) in [6.45, 7) is 7.14. The number of hydrogen-bond donors (Lipinski definition) is 0. The van der Waals surface area contributed by atoms with E-state index in [0.717, 1.165) is 48.7 Å². The molecule has 2 aromatic rings. The Bertz CT molecular complexity index is 734. The maximum Gasteiger partial charge on any atom is 0.254 e. The van der Waals surface area contributed by atoms with Gasteiger partial charge in [-0.05, 0) is 37.6 Å². The van der Waals surface area contributed by atoms with Gasteiger partial charge in [0.2, 0.25) is 0 Å². The highest BCUT2D eigenvalue weighted by Crippen LogP contribution is 2.28. The molecule has 0 bridgehead atoms. The number of aryl methyl sites for hydroxylation is 2. The maximum absolute atomic E-state index is 12.8. The minimum atomic E-state index is 0.132. The summed E-state index contributed by atoms with van der Waals surface area (Å²) in [5.41, 5.74) is 4.14. The van der Waals surface area contributed by atoms with Crippen molar-refractivity contribution in [3.8, 4) is 5.75 Å². The van der Waals surface area contributed by atoms with Gasteiger partial charge < -0.3 is 14.5 Å². The molecule has 0 saturated carbocycles. The summed E-state index contributed by atoms with van der Waals surface area (Å²) < 4.78 is 5.45. The van der Waals surface area contributed by atoms with E-state index in [0.29, 0.717) is 0 Å². The molecule has 1 fully saturated rings. The minimum Gasteiger partial charge on any atom is -0.495 e. The Balaban J connectivity index is 1.69. The molecule has 24 heavy (non-hydrogen) atoms. The number of nitrogens with zero attached hydrogens (tertiary/aromatic N) is 2. The van der Waals surface area contributed by atoms with Crippen LogP contribution in [-0.2, 0) is 0 Å². The minimum absolute atomic E-state index is 0.132. The van der Waals surface area contributed by atoms with E-state index in [4.69, 9.17) is 4.74 Å². The third-order valence-electron chi connectivity index (χ3n) is 4.61. The van der Waals surface area contributed by atoms with E-state index in [9.17, 15) is 4.79 Å². The largest absolute Gasteiger partial charge is 0.495 e. The first-order valence-corrected chi connectivity index (χ1v) is 8.34. The summed E-state index contributed by atoms with van der Waals surface area (Å²) in [5, 5.41) is 0. The Hall–Kier alpha value is -2.49. The first-order valence-electron chi connectivity index (χ1n) is 8.34. The number of hydrogen-bond acceptors (Lipinski definition) is 3. The lowest BCUT2D eigenvalue weighted by Crippen LogP contribution is -2.49. The van der Waals surface area contributed by atoms with E-state index in [2.05, 4.69) is 17.0 Å². The molecule has 0 unspecified atom stereocenters. The Kier molecular flexibility index (Phi) is 4.74. The number of ether oxygens (including phenoxy) is 1. The summed E-state index contributed by atoms with van der Waals surface area (Å²) in [7, 11) is 1.69. The van der Waals surface area contributed by atoms with E-state index < -0.39 is 0 Å². The average Bonchev–Trinajstić information content (AvgIpc) is 2.61. The van der Waals surface area contributed by atoms with Gasteiger partial charge in [-0.15, -0.1) is 0 Å². The number of piperazine rings is 1. The molecule has 4 nitrogen and oxygen atoms in total. The molecule has 1 heterocycles. The first-order chi connectivity index (χ1) is 11.6. The van der Waals surface area contributed by atoms with Crippen molar-refractivity contribution in [3.05, 3.63) is 59.2 Å². The van der Waals surface area contributed by atoms with Gasteiger partial charge in [-0.2, -0.15) is 0 Å². The number of anilines is 1. The highest BCUT2D eigenvalue weighted by Gasteiger charge is 2.24. The molecule has 1 aliphatic rings. The van der Waals surface area contributed by atoms with E-state index in [-0.39, 0.29) is 5.91 Å². The number of rotatable bonds is 3. The lowest BCUT2D eigenvalue weighted by Gasteiger charge is -2.36. The van der Waals surface area contributed by atoms with Crippen LogP contribution in [0.25, 0.3) is 0 Å². The smallest absolute Gasteiger partial charge is 0.254 e. The predicted molar refractivity (Wildman–Crippen MR) is 97.0 cm³/mol. The fraction of sp³-hybridized carbons (Fsp3) is 0.350. The molecule has 0 N–H and O–H groups in total. The van der Waals surface area contributed by atoms with Gasteiger partial charge in [0.25, 0.3) is 5.91 Å². The van der Waals surface area contributed by atoms with Crippen LogP contribution in [0.4, 0.5) is 5.69 Å². The van der Waals surface area contributed by atoms with Crippen LogP contribution in [0.1, 0.15) is 21.5 Å². The standard InChI is InChI=1S/C20H24N2O2/c1-15-8-9-17(16(2)14-15)20(23)22-12-10-21(11-13-22)18-6-4-5-7-19(18)24-3/h4-9,14H,10-13H2,1-3H3. The van der Waals surface area contributed by atoms with Crippen LogP contribution in [0.3, 0.4) is 0 Å². The normalized spacial score (nSPS) is 14.6. The third-order valence-corrected chi connectivity index (χ3v) is 4.61. The molecule has 1 aliphatic heterocycles. The maximum atomic E-state index is 12.8. The van der Waals surface area contributed by atoms with Crippen LogP contribution in [0.2, 0.25) is 0 Å². The van der Waals surface area contributed by atoms with E-state index in [1.54, 1.807) is 7.11 Å². The highest BCUT2D eigenvalue weighted by molar-refractivity contribution is 5.95. The lowest BCUT2D eigenvalue weighted by atomic mass is 10.0. The molecule has 0 spiro atoms. The first kappa shape index (κ1) is 16.4. The molecule has 126 valence electrons. The summed E-state index contributed by atoms with van der Waals surface area (Å²) in [6, 6.07) is 14.1. The van der Waals surface area contributed by atoms with Gasteiger partial charge in [0.05, 0.1) is 12.8 Å². The SMILES string of the molecule is COc1ccccc1N1CCN(C(=O)c2ccc(C)cc2C)CC1. The van der Waals surface area contributed by atoms with Crippen LogP contribution in [0, 0.1) is 13.8 Å². The second kappa shape index (κ2) is 6.95. The third kappa shape index (κ3) is 3.23. The lowest BCUT2D eigenvalue weighted by molar-refractivity contribution is 0.0746. The molecule has 3 rings (SSSR count). The Morgan fingerprint density at radius 1 is 1.00 bits per heavy atom. The van der Waals surface area contributed by atoms with Gasteiger partial charge in [0.15, 0.2) is 0 Å². The van der Waals surface area contributed by atoms with Gasteiger partial charge in [-0.1, -0.05) is 29.8 Å². The zero-order valence-electron chi connectivity index (χ0n) is 14.6. The van der Waals surface area contributed by atoms with Gasteiger partial charge in [-0.25, -0.2) is 0 Å². The topological polar surface area (TPSA) is 32.8 Å². The molecule has 0 aliphatic carbocycles. The highest BCUT2D eigenvalue weighted by atomic mass is 16.5. The van der Waals surface area contributed by atoms with Gasteiger partial charge in [0, 0.05) is 31.7 Å². The summed E-state index contributed by atoms with van der Waals surface area (Å²) in [4.78, 5) is 17.0. The fourth-order valence-electron chi connectivity index (χ4n) is 3.27. The van der Waals surface area contributed by atoms with E-state index >= 15 is 0 Å². The second-order valence-electron chi connectivity index (χ2n) is 6.27. The van der Waals surface area contributed by atoms with Crippen molar-refractivity contribution in [2.45, 2.75) is 13.8 Å². The van der Waals surface area contributed by atoms with Crippen molar-refractivity contribution < 1.29 is 9.53 Å². The van der Waals surface area contributed by atoms with Crippen LogP contribution in [0.5, 0.6) is 5.75 Å². The fourth-order valence-corrected chi connectivity index (χ4v) is 3.27. The summed E-state index contributed by atoms with van der Waals surface area (Å²) in [5.74, 6) is 1.01. The number of amides is 1. The van der Waals surface area contributed by atoms with Crippen molar-refractivity contribution in [1.82, 2.24) is 4.90 Å². The van der Waals surface area contributed by atoms with Crippen molar-refractivity contribution >= 4 is 11.6 Å². The summed E-state index contributed by atoms with van der Waals surface area (Å²) in [6.07, 6.45) is 0. The van der Waals surface area contributed by atoms with Crippen molar-refractivity contribution in [1.29, 1.82) is 0 Å². The number of carbonyl (C=O) groups excluding carboxylic acids is 1. The van der Waals surface area contributed by atoms with Crippen LogP contribution < -0.4 is 9.64 Å². The Morgan fingerprint density at radius 2 is 1.71 bits per heavy atom. The zero-order chi connectivity index (χ0) is 17.1. The molecule has 4 heteroatoms. The monoisotopic (exact) mass is 324 g/mol. The molecule has 0 radical (unpaired) electrons. The molecular formula is C20H24N2O2. The summed E-state index contributed by atoms with van der Waals surface area (Å²) >= 11 is 0. The molecule has 2 aromatic carbocycles. The number of methoxy groups -OCH3 is 1. The molecule has 1 amide bonds. The van der Waals surface area contributed by atoms with Crippen molar-refractivity contribution in [2.24, 2.45) is 0 Å². The second-order valence-corrected chi connectivity index (χ2v) is 6.27. The van der Waals surface area contributed by atoms with Gasteiger partial charge >= 0.3 is 0 Å². The van der Waals surface area contributed by atoms with Crippen LogP contribution >= 0.6 is 0 Å². The van der Waals surface area contributed by atoms with Crippen molar-refractivity contribution in [3.63, 3.8) is 0 Å². The van der Waals surface area contributed by atoms with Crippen LogP contribution in [0.15, 0.2) is 42.5 Å². The van der Waals surface area contributed by atoms with Gasteiger partial charge in [0.1, 0.15) is 5.75 Å². The van der Waals surface area contributed by atoms with Crippen molar-refractivity contribution in [2.75, 3.05) is 38.2 Å². The quantitative estimate of drug-likeness (QED) is 0.869. The van der Waals surface area contributed by atoms with Gasteiger partial charge in [-0.3, -0.25) is 4.79 Å². The molecular weight excluding hydrogens is 300 g/mol. The number of benzene rings is 2. The Morgan fingerprint density at radius 3 is 2.38 bits per heavy atom. The number of carbonyl (C=O) groups is 1. The number of para-hydroxylation sites is 2. The van der Waals surface area contributed by atoms with Crippen LogP contribution in [-0.4, -0.2) is 44.1 Å². The Labute approximate surface area is 143 Å². The van der Waals surface area contributed by atoms with E-state index in [1.165, 1.54) is 5.56 Å². The molecule has 0 atom stereocenters. The average molecular weight is 324 g/mol.